The first-order valence-corrected chi connectivity index (χ1v) is 23.7. The van der Waals surface area contributed by atoms with Crippen LogP contribution in [0.2, 0.25) is 0 Å². The second-order valence-corrected chi connectivity index (χ2v) is 18.4. The lowest BCUT2D eigenvalue weighted by Gasteiger charge is -2.35. The maximum Gasteiger partial charge on any atom is 0.123 e. The van der Waals surface area contributed by atoms with Crippen LogP contribution >= 0.6 is 0 Å². The van der Waals surface area contributed by atoms with Crippen molar-refractivity contribution in [3.63, 3.8) is 0 Å². The van der Waals surface area contributed by atoms with Crippen LogP contribution in [-0.4, -0.2) is 40.9 Å². The van der Waals surface area contributed by atoms with Gasteiger partial charge in [0.2, 0.25) is 0 Å². The van der Waals surface area contributed by atoms with Crippen molar-refractivity contribution < 1.29 is 40.9 Å². The zero-order valence-corrected chi connectivity index (χ0v) is 38.8. The fraction of sp³-hybridized carbons (Fsp3) is 0.233. The van der Waals surface area contributed by atoms with Crippen LogP contribution < -0.4 is 0 Å². The summed E-state index contributed by atoms with van der Waals surface area (Å²) in [7, 11) is 0. The Morgan fingerprint density at radius 1 is 0.353 bits per heavy atom. The highest BCUT2D eigenvalue weighted by atomic mass is 16.3. The first-order valence-electron chi connectivity index (χ1n) is 23.7. The molecule has 2 aliphatic carbocycles. The first-order chi connectivity index (χ1) is 32.8. The van der Waals surface area contributed by atoms with Crippen LogP contribution in [0.3, 0.4) is 0 Å². The van der Waals surface area contributed by atoms with E-state index in [-0.39, 0.29) is 52.4 Å². The van der Waals surface area contributed by atoms with Crippen molar-refractivity contribution in [2.75, 3.05) is 0 Å². The summed E-state index contributed by atoms with van der Waals surface area (Å²) in [6.45, 7) is 8.24. The number of fused-ring (bicyclic) bond motifs is 8. The zero-order valence-electron chi connectivity index (χ0n) is 38.8. The van der Waals surface area contributed by atoms with E-state index in [0.29, 0.717) is 50.1 Å². The van der Waals surface area contributed by atoms with Crippen molar-refractivity contribution in [3.05, 3.63) is 235 Å². The van der Waals surface area contributed by atoms with Gasteiger partial charge in [0, 0.05) is 87.2 Å². The molecule has 5 unspecified atom stereocenters. The number of hydrogen-bond acceptors (Lipinski definition) is 8. The third-order valence-electron chi connectivity index (χ3n) is 14.5. The number of phenolic OH excluding ortho intramolecular Hbond substituents is 6. The molecule has 8 heteroatoms. The number of aromatic hydroxyl groups is 6. The maximum absolute atomic E-state index is 12.2. The molecule has 0 heterocycles. The van der Waals surface area contributed by atoms with E-state index in [2.05, 4.69) is 27.7 Å². The topological polar surface area (TPSA) is 162 Å². The highest BCUT2D eigenvalue weighted by molar-refractivity contribution is 5.65. The van der Waals surface area contributed by atoms with Crippen LogP contribution in [0, 0.1) is 5.92 Å². The van der Waals surface area contributed by atoms with E-state index in [1.54, 1.807) is 18.2 Å². The number of allylic oxidation sites excluding steroid dienone is 3. The van der Waals surface area contributed by atoms with Crippen LogP contribution in [0.4, 0.5) is 0 Å². The molecule has 5 atom stereocenters. The van der Waals surface area contributed by atoms with Crippen molar-refractivity contribution in [2.45, 2.75) is 83.5 Å². The molecule has 2 aliphatic rings. The Labute approximate surface area is 397 Å². The average Bonchev–Trinajstić information content (AvgIpc) is 3.34. The van der Waals surface area contributed by atoms with Gasteiger partial charge < -0.3 is 40.9 Å². The quantitative estimate of drug-likeness (QED) is 0.0747. The molecule has 8 bridgehead atoms. The number of hydrogen-bond donors (Lipinski definition) is 8. The minimum atomic E-state index is -0.885. The van der Waals surface area contributed by atoms with E-state index < -0.39 is 29.6 Å². The molecule has 0 aromatic heterocycles. The van der Waals surface area contributed by atoms with Gasteiger partial charge in [-0.25, -0.2) is 0 Å². The molecule has 7 aromatic rings. The van der Waals surface area contributed by atoms with Crippen molar-refractivity contribution in [3.8, 4) is 34.5 Å². The molecule has 0 saturated carbocycles. The maximum atomic E-state index is 12.2. The molecule has 0 saturated heterocycles. The highest BCUT2D eigenvalue weighted by Crippen LogP contribution is 2.54. The molecule has 0 amide bonds. The van der Waals surface area contributed by atoms with E-state index in [9.17, 15) is 40.9 Å². The largest absolute Gasteiger partial charge is 0.512 e. The molecule has 8 nitrogen and oxygen atoms in total. The van der Waals surface area contributed by atoms with Gasteiger partial charge in [-0.2, -0.15) is 0 Å². The number of aliphatic hydroxyl groups is 2. The van der Waals surface area contributed by atoms with E-state index >= 15 is 0 Å². The van der Waals surface area contributed by atoms with Gasteiger partial charge >= 0.3 is 0 Å². The van der Waals surface area contributed by atoms with Crippen molar-refractivity contribution in [2.24, 2.45) is 5.92 Å². The van der Waals surface area contributed by atoms with Crippen LogP contribution in [-0.2, 0) is 25.7 Å². The lowest BCUT2D eigenvalue weighted by Crippen LogP contribution is -2.24. The van der Waals surface area contributed by atoms with Crippen LogP contribution in [0.1, 0.15) is 136 Å². The second kappa shape index (κ2) is 18.6. The molecular weight excluding hydrogens is 849 g/mol. The molecule has 346 valence electrons. The van der Waals surface area contributed by atoms with Gasteiger partial charge in [0.05, 0.1) is 0 Å². The monoisotopic (exact) mass is 906 g/mol. The van der Waals surface area contributed by atoms with Crippen molar-refractivity contribution >= 4 is 0 Å². The molecule has 0 aliphatic heterocycles. The van der Waals surface area contributed by atoms with Gasteiger partial charge in [0.15, 0.2) is 0 Å². The molecule has 7 aromatic carbocycles. The van der Waals surface area contributed by atoms with E-state index in [1.807, 2.05) is 97.1 Å². The van der Waals surface area contributed by atoms with E-state index in [0.717, 1.165) is 59.1 Å². The minimum absolute atomic E-state index is 0.0598. The van der Waals surface area contributed by atoms with E-state index in [4.69, 9.17) is 0 Å². The smallest absolute Gasteiger partial charge is 0.123 e. The number of rotatable bonds is 8. The first kappa shape index (κ1) is 45.6. The van der Waals surface area contributed by atoms with Gasteiger partial charge in [-0.3, -0.25) is 0 Å². The third kappa shape index (κ3) is 8.29. The fourth-order valence-electron chi connectivity index (χ4n) is 10.6. The van der Waals surface area contributed by atoms with Crippen molar-refractivity contribution in [1.82, 2.24) is 0 Å². The fourth-order valence-corrected chi connectivity index (χ4v) is 10.6. The summed E-state index contributed by atoms with van der Waals surface area (Å²) in [5.41, 5.74) is 9.82. The highest BCUT2D eigenvalue weighted by Gasteiger charge is 2.40. The number of benzene rings is 7. The minimum Gasteiger partial charge on any atom is -0.512 e. The Morgan fingerprint density at radius 2 is 0.647 bits per heavy atom. The Bertz CT molecular complexity index is 3060. The van der Waals surface area contributed by atoms with Gasteiger partial charge in [-0.15, -0.1) is 0 Å². The Morgan fingerprint density at radius 3 is 1.00 bits per heavy atom. The number of aryl methyl sites for hydroxylation is 4. The standard InChI is InChI=1S/C60H58O8/c1-5-33-9-17-37(18-10-33)57-41-25-43(51(63)29-49(41)61)58(38-19-11-34(6-2)12-20-38)45-27-47(55(67)31-53(45)65)60(40-23-15-36(8-4)16-24-40)48-28-46(54(66)32-56(48)68)59(39-21-13-35(7-3)14-22-39)44-26-42(57)50(62)30-52(44)64/h9-27,29-32,46,57-68H,5-8,28H2,1-4H3. The number of aliphatic hydroxyl groups excluding tert-OH is 2. The van der Waals surface area contributed by atoms with Gasteiger partial charge in [0.25, 0.3) is 0 Å². The summed E-state index contributed by atoms with van der Waals surface area (Å²) < 4.78 is 0. The lowest BCUT2D eigenvalue weighted by atomic mass is 9.69. The molecule has 0 fully saturated rings. The molecule has 68 heavy (non-hydrogen) atoms. The third-order valence-corrected chi connectivity index (χ3v) is 14.5. The predicted molar refractivity (Wildman–Crippen MR) is 267 cm³/mol. The molecule has 8 N–H and O–H groups in total. The van der Waals surface area contributed by atoms with Crippen LogP contribution in [0.25, 0.3) is 0 Å². The average molecular weight is 907 g/mol. The zero-order chi connectivity index (χ0) is 48.0. The number of phenols is 6. The molecular formula is C60H58O8. The Kier molecular flexibility index (Phi) is 12.5. The molecule has 0 radical (unpaired) electrons. The van der Waals surface area contributed by atoms with Crippen LogP contribution in [0.5, 0.6) is 34.5 Å². The summed E-state index contributed by atoms with van der Waals surface area (Å²) >= 11 is 0. The molecule has 0 spiro atoms. The Hall–Kier alpha value is -7.58. The summed E-state index contributed by atoms with van der Waals surface area (Å²) in [5, 5.41) is 97.0. The SMILES string of the molecule is CCc1ccc(C2C3=C(O)C=C(O)C(C3)C(c3ccc(CC)cc3)c3cc(c(O)cc3O)C(c3ccc(CC)cc3)c3cc(c(O)cc3O)C(c3ccc(CC)cc3)c3cc2c(O)cc3O)cc1. The summed E-state index contributed by atoms with van der Waals surface area (Å²) in [6.07, 6.45) is 4.53. The molecule has 9 rings (SSSR count). The van der Waals surface area contributed by atoms with Gasteiger partial charge in [-0.1, -0.05) is 125 Å². The second-order valence-electron chi connectivity index (χ2n) is 18.4. The van der Waals surface area contributed by atoms with Crippen molar-refractivity contribution in [1.29, 1.82) is 0 Å². The lowest BCUT2D eigenvalue weighted by molar-refractivity contribution is 0.285. The normalized spacial score (nSPS) is 19.1. The summed E-state index contributed by atoms with van der Waals surface area (Å²) in [6, 6.07) is 40.8. The summed E-state index contributed by atoms with van der Waals surface area (Å²) in [5.74, 6) is -5.88. The predicted octanol–water partition coefficient (Wildman–Crippen LogP) is 13.1. The Balaban J connectivity index is 1.43. The summed E-state index contributed by atoms with van der Waals surface area (Å²) in [4.78, 5) is 0. The van der Waals surface area contributed by atoms with Gasteiger partial charge in [0.1, 0.15) is 46.0 Å². The van der Waals surface area contributed by atoms with Crippen LogP contribution in [0.15, 0.2) is 157 Å². The van der Waals surface area contributed by atoms with E-state index in [1.165, 1.54) is 24.3 Å². The van der Waals surface area contributed by atoms with Gasteiger partial charge in [-0.05, 0) is 100 Å².